The molecule has 2 N–H and O–H groups in total. The fourth-order valence-electron chi connectivity index (χ4n) is 5.04. The van der Waals surface area contributed by atoms with Gasteiger partial charge < -0.3 is 10.2 Å². The van der Waals surface area contributed by atoms with Gasteiger partial charge in [0.05, 0.1) is 16.9 Å². The van der Waals surface area contributed by atoms with Gasteiger partial charge in [0.1, 0.15) is 11.3 Å². The Kier molecular flexibility index (Phi) is 5.58. The van der Waals surface area contributed by atoms with Crippen LogP contribution in [0.5, 0.6) is 5.75 Å². The fraction of sp³-hybridized carbons (Fsp3) is 0.0968. The Morgan fingerprint density at radius 2 is 1.70 bits per heavy atom. The predicted octanol–water partition coefficient (Wildman–Crippen LogP) is 7.51. The van der Waals surface area contributed by atoms with Gasteiger partial charge in [0.25, 0.3) is 5.91 Å². The highest BCUT2D eigenvalue weighted by atomic mass is 35.5. The van der Waals surface area contributed by atoms with E-state index in [0.29, 0.717) is 27.9 Å². The van der Waals surface area contributed by atoms with Crippen LogP contribution in [-0.2, 0) is 4.79 Å². The zero-order valence-electron chi connectivity index (χ0n) is 19.7. The zero-order chi connectivity index (χ0) is 25.7. The van der Waals surface area contributed by atoms with Crippen molar-refractivity contribution in [1.29, 1.82) is 0 Å². The van der Waals surface area contributed by atoms with Crippen LogP contribution in [0, 0.1) is 0 Å². The molecule has 0 radical (unpaired) electrons. The van der Waals surface area contributed by atoms with E-state index in [2.05, 4.69) is 6.07 Å². The molecule has 0 bridgehead atoms. The minimum atomic E-state index is -1.24. The molecule has 0 atom stereocenters. The largest absolute Gasteiger partial charge is 0.507 e. The van der Waals surface area contributed by atoms with E-state index < -0.39 is 11.7 Å². The molecule has 1 aliphatic carbocycles. The van der Waals surface area contributed by atoms with Crippen molar-refractivity contribution in [2.75, 3.05) is 4.90 Å². The smallest absolute Gasteiger partial charge is 0.339 e. The molecule has 4 aromatic rings. The zero-order valence-corrected chi connectivity index (χ0v) is 20.4. The van der Waals surface area contributed by atoms with Crippen molar-refractivity contribution >= 4 is 46.5 Å². The van der Waals surface area contributed by atoms with Gasteiger partial charge in [0.2, 0.25) is 0 Å². The first-order chi connectivity index (χ1) is 17.9. The van der Waals surface area contributed by atoms with Crippen LogP contribution in [0.2, 0.25) is 5.02 Å². The van der Waals surface area contributed by atoms with Gasteiger partial charge in [-0.2, -0.15) is 0 Å². The lowest BCUT2D eigenvalue weighted by Crippen LogP contribution is -2.20. The van der Waals surface area contributed by atoms with Gasteiger partial charge in [-0.15, -0.1) is 0 Å². The number of aromatic hydroxyl groups is 1. The van der Waals surface area contributed by atoms with Crippen molar-refractivity contribution in [3.05, 3.63) is 112 Å². The number of hydrogen-bond acceptors (Lipinski definition) is 3. The molecule has 37 heavy (non-hydrogen) atoms. The molecule has 0 unspecified atom stereocenters. The first-order valence-electron chi connectivity index (χ1n) is 12.0. The number of halogens is 1. The summed E-state index contributed by atoms with van der Waals surface area (Å²) in [6.07, 6.45) is 4.07. The van der Waals surface area contributed by atoms with Crippen LogP contribution in [0.3, 0.4) is 0 Å². The summed E-state index contributed by atoms with van der Waals surface area (Å²) in [5.41, 5.74) is 5.90. The Hall–Kier alpha value is -4.35. The second-order valence-electron chi connectivity index (χ2n) is 9.29. The van der Waals surface area contributed by atoms with Crippen LogP contribution in [-0.4, -0.2) is 22.1 Å². The Morgan fingerprint density at radius 1 is 0.946 bits per heavy atom. The monoisotopic (exact) mass is 507 g/mol. The number of nitrogens with zero attached hydrogens (tertiary/aromatic N) is 1. The molecule has 6 rings (SSSR count). The maximum Gasteiger partial charge on any atom is 0.339 e. The van der Waals surface area contributed by atoms with Crippen LogP contribution >= 0.6 is 11.6 Å². The van der Waals surface area contributed by atoms with Crippen molar-refractivity contribution in [2.24, 2.45) is 0 Å². The molecule has 182 valence electrons. The second-order valence-corrected chi connectivity index (χ2v) is 9.70. The van der Waals surface area contributed by atoms with E-state index in [4.69, 9.17) is 11.6 Å². The summed E-state index contributed by atoms with van der Waals surface area (Å²) in [4.78, 5) is 27.1. The van der Waals surface area contributed by atoms with Gasteiger partial charge >= 0.3 is 5.97 Å². The first kappa shape index (κ1) is 23.1. The third-order valence-corrected chi connectivity index (χ3v) is 7.26. The maximum absolute atomic E-state index is 14.1. The third-order valence-electron chi connectivity index (χ3n) is 6.93. The molecule has 0 spiro atoms. The summed E-state index contributed by atoms with van der Waals surface area (Å²) in [5.74, 6) is -1.49. The highest BCUT2D eigenvalue weighted by Gasteiger charge is 2.37. The maximum atomic E-state index is 14.1. The number of benzene rings is 4. The average Bonchev–Trinajstić information content (AvgIpc) is 3.70. The number of amides is 1. The summed E-state index contributed by atoms with van der Waals surface area (Å²) in [6.45, 7) is 0. The van der Waals surface area contributed by atoms with Crippen LogP contribution < -0.4 is 4.90 Å². The average molecular weight is 508 g/mol. The molecule has 1 saturated carbocycles. The Balaban J connectivity index is 1.59. The lowest BCUT2D eigenvalue weighted by molar-refractivity contribution is -0.112. The Labute approximate surface area is 218 Å². The van der Waals surface area contributed by atoms with Gasteiger partial charge in [0, 0.05) is 16.7 Å². The van der Waals surface area contributed by atoms with Crippen LogP contribution in [0.1, 0.15) is 45.8 Å². The fourth-order valence-corrected chi connectivity index (χ4v) is 5.27. The quantitative estimate of drug-likeness (QED) is 0.274. The molecule has 2 aliphatic rings. The summed E-state index contributed by atoms with van der Waals surface area (Å²) in [5, 5.41) is 20.3. The van der Waals surface area contributed by atoms with E-state index in [-0.39, 0.29) is 11.5 Å². The van der Waals surface area contributed by atoms with Crippen molar-refractivity contribution in [1.82, 2.24) is 0 Å². The molecule has 4 aromatic carbocycles. The third kappa shape index (κ3) is 3.98. The number of rotatable bonds is 5. The molecule has 1 amide bonds. The molecule has 1 heterocycles. The number of phenols is 1. The minimum Gasteiger partial charge on any atom is -0.507 e. The van der Waals surface area contributed by atoms with E-state index in [1.165, 1.54) is 23.1 Å². The molecule has 1 aliphatic heterocycles. The number of carbonyl (C=O) groups excluding carboxylic acids is 1. The lowest BCUT2D eigenvalue weighted by Gasteiger charge is -2.18. The molecule has 1 fully saturated rings. The Morgan fingerprint density at radius 3 is 2.41 bits per heavy atom. The van der Waals surface area contributed by atoms with E-state index >= 15 is 0 Å². The molecule has 5 nitrogen and oxygen atoms in total. The van der Waals surface area contributed by atoms with Crippen molar-refractivity contribution in [3.63, 3.8) is 0 Å². The van der Waals surface area contributed by atoms with Crippen LogP contribution in [0.15, 0.2) is 84.9 Å². The normalized spacial score (nSPS) is 15.8. The van der Waals surface area contributed by atoms with Crippen molar-refractivity contribution in [3.8, 4) is 16.9 Å². The van der Waals surface area contributed by atoms with Crippen molar-refractivity contribution < 1.29 is 19.8 Å². The topological polar surface area (TPSA) is 77.8 Å². The molecular formula is C31H22ClNO4. The highest BCUT2D eigenvalue weighted by Crippen LogP contribution is 2.49. The van der Waals surface area contributed by atoms with Gasteiger partial charge in [-0.05, 0) is 71.4 Å². The number of carboxylic acids is 1. The SMILES string of the molecule is O=C(O)c1ccc(N2C(=O)/C(=C/c3c(Cl)cccc3C3CC3)c3c(-c4ccccc4)cccc32)cc1O. The van der Waals surface area contributed by atoms with E-state index in [9.17, 15) is 19.8 Å². The highest BCUT2D eigenvalue weighted by molar-refractivity contribution is 6.40. The Bertz CT molecular complexity index is 1610. The van der Waals surface area contributed by atoms with E-state index in [0.717, 1.165) is 40.7 Å². The summed E-state index contributed by atoms with van der Waals surface area (Å²) < 4.78 is 0. The standard InChI is InChI=1S/C31H22ClNO4/c32-26-10-4-8-21(19-12-13-19)24(26)17-25-29-22(18-6-2-1-3-7-18)9-5-11-27(29)33(30(25)35)20-14-15-23(31(36)37)28(34)16-20/h1-11,14-17,19,34H,12-13H2,(H,36,37)/b25-17+. The lowest BCUT2D eigenvalue weighted by atomic mass is 9.92. The van der Waals surface area contributed by atoms with Gasteiger partial charge in [-0.25, -0.2) is 4.79 Å². The predicted molar refractivity (Wildman–Crippen MR) is 145 cm³/mol. The number of anilines is 2. The molecule has 6 heteroatoms. The second kappa shape index (κ2) is 8.95. The first-order valence-corrected chi connectivity index (χ1v) is 12.4. The number of aromatic carboxylic acids is 1. The van der Waals surface area contributed by atoms with Crippen LogP contribution in [0.4, 0.5) is 11.4 Å². The van der Waals surface area contributed by atoms with Crippen LogP contribution in [0.25, 0.3) is 22.8 Å². The summed E-state index contributed by atoms with van der Waals surface area (Å²) >= 11 is 6.67. The molecule has 0 saturated heterocycles. The van der Waals surface area contributed by atoms with Gasteiger partial charge in [-0.1, -0.05) is 66.2 Å². The number of carboxylic acid groups (broad SMARTS) is 1. The number of carbonyl (C=O) groups is 2. The minimum absolute atomic E-state index is 0.227. The van der Waals surface area contributed by atoms with E-state index in [1.54, 1.807) is 0 Å². The summed E-state index contributed by atoms with van der Waals surface area (Å²) in [7, 11) is 0. The van der Waals surface area contributed by atoms with E-state index in [1.807, 2.05) is 66.7 Å². The van der Waals surface area contributed by atoms with Crippen molar-refractivity contribution in [2.45, 2.75) is 18.8 Å². The molecule has 0 aromatic heterocycles. The molecular weight excluding hydrogens is 486 g/mol. The number of hydrogen-bond donors (Lipinski definition) is 2. The summed E-state index contributed by atoms with van der Waals surface area (Å²) in [6, 6.07) is 25.6. The number of fused-ring (bicyclic) bond motifs is 1. The van der Waals surface area contributed by atoms with Gasteiger partial charge in [-0.3, -0.25) is 9.69 Å². The van der Waals surface area contributed by atoms with Gasteiger partial charge in [0.15, 0.2) is 0 Å².